The molecule has 2 rings (SSSR count). The Morgan fingerprint density at radius 2 is 2.19 bits per heavy atom. The summed E-state index contributed by atoms with van der Waals surface area (Å²) in [4.78, 5) is 14.3. The van der Waals surface area contributed by atoms with Crippen LogP contribution in [0.1, 0.15) is 24.5 Å². The number of nitrogens with one attached hydrogen (secondary N) is 2. The normalized spacial score (nSPS) is 21.8. The molecule has 1 aromatic carbocycles. The number of rotatable bonds is 5. The van der Waals surface area contributed by atoms with Crippen LogP contribution in [0, 0.1) is 19.3 Å². The number of carbonyl (C=O) groups excluding carboxylic acids is 1. The summed E-state index contributed by atoms with van der Waals surface area (Å²) in [6.07, 6.45) is 1.18. The van der Waals surface area contributed by atoms with Crippen LogP contribution < -0.4 is 10.6 Å². The van der Waals surface area contributed by atoms with E-state index >= 15 is 0 Å². The van der Waals surface area contributed by atoms with E-state index in [0.29, 0.717) is 6.54 Å². The largest absolute Gasteiger partial charge is 0.325 e. The first kappa shape index (κ1) is 16.0. The van der Waals surface area contributed by atoms with E-state index in [4.69, 9.17) is 0 Å². The van der Waals surface area contributed by atoms with Gasteiger partial charge in [0.25, 0.3) is 0 Å². The Bertz CT molecular complexity index is 507. The van der Waals surface area contributed by atoms with Gasteiger partial charge in [-0.1, -0.05) is 19.1 Å². The van der Waals surface area contributed by atoms with Crippen molar-refractivity contribution in [3.8, 4) is 0 Å². The topological polar surface area (TPSA) is 44.4 Å². The third-order valence-electron chi connectivity index (χ3n) is 4.40. The predicted octanol–water partition coefficient (Wildman–Crippen LogP) is 2.17. The molecule has 116 valence electrons. The van der Waals surface area contributed by atoms with Crippen LogP contribution in [-0.2, 0) is 4.79 Å². The van der Waals surface area contributed by atoms with Crippen molar-refractivity contribution in [1.29, 1.82) is 0 Å². The highest BCUT2D eigenvalue weighted by atomic mass is 16.2. The predicted molar refractivity (Wildman–Crippen MR) is 87.6 cm³/mol. The van der Waals surface area contributed by atoms with Gasteiger partial charge < -0.3 is 10.6 Å². The van der Waals surface area contributed by atoms with Gasteiger partial charge in [-0.05, 0) is 56.5 Å². The minimum absolute atomic E-state index is 0.0563. The SMILES string of the molecule is Cc1cccc(NC(=O)CN(C)CC2(C)CCNC2)c1C. The molecule has 1 heterocycles. The van der Waals surface area contributed by atoms with Crippen molar-refractivity contribution in [1.82, 2.24) is 10.2 Å². The summed E-state index contributed by atoms with van der Waals surface area (Å²) in [5, 5.41) is 6.42. The summed E-state index contributed by atoms with van der Waals surface area (Å²) < 4.78 is 0. The number of hydrogen-bond acceptors (Lipinski definition) is 3. The lowest BCUT2D eigenvalue weighted by Gasteiger charge is -2.28. The van der Waals surface area contributed by atoms with Crippen molar-refractivity contribution >= 4 is 11.6 Å². The van der Waals surface area contributed by atoms with Crippen LogP contribution in [0.15, 0.2) is 18.2 Å². The minimum atomic E-state index is 0.0563. The van der Waals surface area contributed by atoms with E-state index in [0.717, 1.165) is 30.9 Å². The van der Waals surface area contributed by atoms with Crippen LogP contribution in [0.5, 0.6) is 0 Å². The number of anilines is 1. The lowest BCUT2D eigenvalue weighted by atomic mass is 9.89. The third kappa shape index (κ3) is 4.29. The average Bonchev–Trinajstić information content (AvgIpc) is 2.81. The van der Waals surface area contributed by atoms with E-state index in [-0.39, 0.29) is 11.3 Å². The monoisotopic (exact) mass is 289 g/mol. The molecule has 1 saturated heterocycles. The van der Waals surface area contributed by atoms with Crippen LogP contribution in [0.2, 0.25) is 0 Å². The van der Waals surface area contributed by atoms with Gasteiger partial charge in [0.1, 0.15) is 0 Å². The molecule has 1 aliphatic rings. The van der Waals surface area contributed by atoms with Crippen molar-refractivity contribution in [2.24, 2.45) is 5.41 Å². The standard InChI is InChI=1S/C17H27N3O/c1-13-6-5-7-15(14(13)2)19-16(21)10-20(4)12-17(3)8-9-18-11-17/h5-7,18H,8-12H2,1-4H3,(H,19,21). The van der Waals surface area contributed by atoms with Crippen LogP contribution in [0.25, 0.3) is 0 Å². The number of carbonyl (C=O) groups is 1. The Kier molecular flexibility index (Phi) is 5.01. The van der Waals surface area contributed by atoms with Crippen LogP contribution in [-0.4, -0.2) is 44.0 Å². The van der Waals surface area contributed by atoms with Gasteiger partial charge in [0, 0.05) is 18.8 Å². The Labute approximate surface area is 127 Å². The number of benzene rings is 1. The van der Waals surface area contributed by atoms with Gasteiger partial charge >= 0.3 is 0 Å². The fraction of sp³-hybridized carbons (Fsp3) is 0.588. The third-order valence-corrected chi connectivity index (χ3v) is 4.40. The van der Waals surface area contributed by atoms with Crippen LogP contribution in [0.3, 0.4) is 0 Å². The summed E-state index contributed by atoms with van der Waals surface area (Å²) >= 11 is 0. The van der Waals surface area contributed by atoms with E-state index in [9.17, 15) is 4.79 Å². The molecule has 0 aliphatic carbocycles. The molecule has 1 amide bonds. The fourth-order valence-corrected chi connectivity index (χ4v) is 3.03. The Morgan fingerprint density at radius 1 is 1.43 bits per heavy atom. The second kappa shape index (κ2) is 6.58. The molecule has 0 aromatic heterocycles. The molecule has 1 atom stereocenters. The Hall–Kier alpha value is -1.39. The van der Waals surface area contributed by atoms with E-state index in [1.54, 1.807) is 0 Å². The van der Waals surface area contributed by atoms with Gasteiger partial charge in [-0.3, -0.25) is 9.69 Å². The average molecular weight is 289 g/mol. The van der Waals surface area contributed by atoms with E-state index in [1.165, 1.54) is 12.0 Å². The zero-order valence-corrected chi connectivity index (χ0v) is 13.6. The molecule has 4 heteroatoms. The molecule has 1 unspecified atom stereocenters. The number of nitrogens with zero attached hydrogens (tertiary/aromatic N) is 1. The van der Waals surface area contributed by atoms with E-state index in [1.807, 2.05) is 26.1 Å². The lowest BCUT2D eigenvalue weighted by molar-refractivity contribution is -0.117. The number of amides is 1. The maximum absolute atomic E-state index is 12.2. The second-order valence-corrected chi connectivity index (χ2v) is 6.71. The number of hydrogen-bond donors (Lipinski definition) is 2. The van der Waals surface area contributed by atoms with Gasteiger partial charge in [0.05, 0.1) is 6.54 Å². The molecular formula is C17H27N3O. The molecule has 0 spiro atoms. The van der Waals surface area contributed by atoms with Crippen molar-refractivity contribution in [2.45, 2.75) is 27.2 Å². The number of aryl methyl sites for hydroxylation is 1. The Morgan fingerprint density at radius 3 is 2.86 bits per heavy atom. The van der Waals surface area contributed by atoms with Crippen molar-refractivity contribution < 1.29 is 4.79 Å². The van der Waals surface area contributed by atoms with Crippen molar-refractivity contribution in [2.75, 3.05) is 38.5 Å². The molecule has 2 N–H and O–H groups in total. The Balaban J connectivity index is 1.88. The van der Waals surface area contributed by atoms with Crippen LogP contribution in [0.4, 0.5) is 5.69 Å². The summed E-state index contributed by atoms with van der Waals surface area (Å²) in [6, 6.07) is 6.00. The molecule has 1 aliphatic heterocycles. The number of likely N-dealkylation sites (N-methyl/N-ethyl adjacent to an activating group) is 1. The fourth-order valence-electron chi connectivity index (χ4n) is 3.03. The van der Waals surface area contributed by atoms with Crippen molar-refractivity contribution in [3.63, 3.8) is 0 Å². The smallest absolute Gasteiger partial charge is 0.238 e. The van der Waals surface area contributed by atoms with Gasteiger partial charge in [0.2, 0.25) is 5.91 Å². The first-order chi connectivity index (χ1) is 9.89. The van der Waals surface area contributed by atoms with Gasteiger partial charge in [-0.25, -0.2) is 0 Å². The zero-order valence-electron chi connectivity index (χ0n) is 13.6. The highest BCUT2D eigenvalue weighted by molar-refractivity contribution is 5.93. The van der Waals surface area contributed by atoms with E-state index < -0.39 is 0 Å². The zero-order chi connectivity index (χ0) is 15.5. The molecule has 4 nitrogen and oxygen atoms in total. The summed E-state index contributed by atoms with van der Waals surface area (Å²) in [5.74, 6) is 0.0563. The molecule has 1 aromatic rings. The first-order valence-electron chi connectivity index (χ1n) is 7.65. The first-order valence-corrected chi connectivity index (χ1v) is 7.65. The quantitative estimate of drug-likeness (QED) is 0.873. The maximum atomic E-state index is 12.2. The van der Waals surface area contributed by atoms with Gasteiger partial charge in [-0.15, -0.1) is 0 Å². The molecule has 0 radical (unpaired) electrons. The molecular weight excluding hydrogens is 262 g/mol. The summed E-state index contributed by atoms with van der Waals surface area (Å²) in [7, 11) is 2.02. The van der Waals surface area contributed by atoms with E-state index in [2.05, 4.69) is 35.4 Å². The maximum Gasteiger partial charge on any atom is 0.238 e. The van der Waals surface area contributed by atoms with Gasteiger partial charge in [0.15, 0.2) is 0 Å². The highest BCUT2D eigenvalue weighted by Crippen LogP contribution is 2.25. The minimum Gasteiger partial charge on any atom is -0.325 e. The highest BCUT2D eigenvalue weighted by Gasteiger charge is 2.30. The van der Waals surface area contributed by atoms with Crippen molar-refractivity contribution in [3.05, 3.63) is 29.3 Å². The van der Waals surface area contributed by atoms with Gasteiger partial charge in [-0.2, -0.15) is 0 Å². The molecule has 21 heavy (non-hydrogen) atoms. The summed E-state index contributed by atoms with van der Waals surface area (Å²) in [6.45, 7) is 9.88. The molecule has 0 bridgehead atoms. The lowest BCUT2D eigenvalue weighted by Crippen LogP contribution is -2.39. The second-order valence-electron chi connectivity index (χ2n) is 6.71. The van der Waals surface area contributed by atoms with Crippen LogP contribution >= 0.6 is 0 Å². The molecule has 1 fully saturated rings. The summed E-state index contributed by atoms with van der Waals surface area (Å²) in [5.41, 5.74) is 3.54. The molecule has 0 saturated carbocycles.